The summed E-state index contributed by atoms with van der Waals surface area (Å²) in [7, 11) is 3.60. The smallest absolute Gasteiger partial charge is 0.161 e. The van der Waals surface area contributed by atoms with Crippen LogP contribution in [0.15, 0.2) is 24.4 Å². The fourth-order valence-corrected chi connectivity index (χ4v) is 2.74. The summed E-state index contributed by atoms with van der Waals surface area (Å²) in [6.07, 6.45) is 1.76. The number of aryl methyl sites for hydroxylation is 1. The van der Waals surface area contributed by atoms with E-state index < -0.39 is 0 Å². The van der Waals surface area contributed by atoms with E-state index in [-0.39, 0.29) is 12.1 Å². The molecular formula is C16H22ClN3O. The standard InChI is InChI=1S/C16H22ClN3O/c1-10(2)20-16(14(21-5)9-19-20)15(18-4)13-8-12(17)7-6-11(13)3/h6-10,15,18H,1-5H3. The molecule has 1 atom stereocenters. The van der Waals surface area contributed by atoms with Gasteiger partial charge in [0.05, 0.1) is 19.3 Å². The molecular weight excluding hydrogens is 286 g/mol. The molecule has 0 saturated heterocycles. The van der Waals surface area contributed by atoms with Gasteiger partial charge in [-0.25, -0.2) is 0 Å². The van der Waals surface area contributed by atoms with Crippen LogP contribution in [0.4, 0.5) is 0 Å². The molecule has 1 heterocycles. The van der Waals surface area contributed by atoms with Gasteiger partial charge in [0.25, 0.3) is 0 Å². The Morgan fingerprint density at radius 1 is 1.33 bits per heavy atom. The number of nitrogens with zero attached hydrogens (tertiary/aromatic N) is 2. The third kappa shape index (κ3) is 3.06. The minimum Gasteiger partial charge on any atom is -0.493 e. The summed E-state index contributed by atoms with van der Waals surface area (Å²) in [4.78, 5) is 0. The lowest BCUT2D eigenvalue weighted by Crippen LogP contribution is -2.23. The number of nitrogens with one attached hydrogen (secondary N) is 1. The van der Waals surface area contributed by atoms with Crippen LogP contribution in [0.2, 0.25) is 5.02 Å². The quantitative estimate of drug-likeness (QED) is 0.914. The highest BCUT2D eigenvalue weighted by molar-refractivity contribution is 6.30. The molecule has 2 aromatic rings. The lowest BCUT2D eigenvalue weighted by atomic mass is 9.98. The van der Waals surface area contributed by atoms with Crippen molar-refractivity contribution >= 4 is 11.6 Å². The number of ether oxygens (including phenoxy) is 1. The summed E-state index contributed by atoms with van der Waals surface area (Å²) in [6.45, 7) is 6.29. The van der Waals surface area contributed by atoms with Crippen molar-refractivity contribution in [1.82, 2.24) is 15.1 Å². The first-order valence-electron chi connectivity index (χ1n) is 7.04. The van der Waals surface area contributed by atoms with Gasteiger partial charge in [0.2, 0.25) is 0 Å². The Hall–Kier alpha value is -1.52. The van der Waals surface area contributed by atoms with Gasteiger partial charge in [-0.1, -0.05) is 17.7 Å². The van der Waals surface area contributed by atoms with Crippen LogP contribution in [0, 0.1) is 6.92 Å². The predicted molar refractivity (Wildman–Crippen MR) is 86.3 cm³/mol. The van der Waals surface area contributed by atoms with Gasteiger partial charge < -0.3 is 10.1 Å². The average Bonchev–Trinajstić information content (AvgIpc) is 2.87. The van der Waals surface area contributed by atoms with Crippen molar-refractivity contribution in [3.05, 3.63) is 46.2 Å². The molecule has 4 nitrogen and oxygen atoms in total. The van der Waals surface area contributed by atoms with E-state index in [1.54, 1.807) is 13.3 Å². The molecule has 0 aliphatic rings. The molecule has 0 bridgehead atoms. The highest BCUT2D eigenvalue weighted by Crippen LogP contribution is 2.34. The van der Waals surface area contributed by atoms with Crippen molar-refractivity contribution in [2.75, 3.05) is 14.2 Å². The largest absolute Gasteiger partial charge is 0.493 e. The molecule has 0 amide bonds. The van der Waals surface area contributed by atoms with Gasteiger partial charge in [0.1, 0.15) is 5.69 Å². The Morgan fingerprint density at radius 3 is 2.62 bits per heavy atom. The van der Waals surface area contributed by atoms with Gasteiger partial charge in [0.15, 0.2) is 5.75 Å². The molecule has 0 saturated carbocycles. The van der Waals surface area contributed by atoms with Crippen molar-refractivity contribution in [3.8, 4) is 5.75 Å². The number of halogens is 1. The molecule has 0 aliphatic carbocycles. The second kappa shape index (κ2) is 6.50. The van der Waals surface area contributed by atoms with Gasteiger partial charge >= 0.3 is 0 Å². The third-order valence-electron chi connectivity index (χ3n) is 3.62. The van der Waals surface area contributed by atoms with Crippen LogP contribution in [0.3, 0.4) is 0 Å². The molecule has 2 rings (SSSR count). The van der Waals surface area contributed by atoms with Gasteiger partial charge in [-0.3, -0.25) is 4.68 Å². The number of aromatic nitrogens is 2. The minimum absolute atomic E-state index is 0.0245. The summed E-state index contributed by atoms with van der Waals surface area (Å²) < 4.78 is 7.48. The van der Waals surface area contributed by atoms with Crippen LogP contribution in [0.1, 0.15) is 42.8 Å². The second-order valence-electron chi connectivity index (χ2n) is 5.36. The van der Waals surface area contributed by atoms with E-state index in [0.717, 1.165) is 22.0 Å². The van der Waals surface area contributed by atoms with Gasteiger partial charge in [-0.2, -0.15) is 5.10 Å². The first-order chi connectivity index (χ1) is 9.99. The van der Waals surface area contributed by atoms with E-state index in [2.05, 4.69) is 31.2 Å². The molecule has 21 heavy (non-hydrogen) atoms. The molecule has 114 valence electrons. The summed E-state index contributed by atoms with van der Waals surface area (Å²) in [5.74, 6) is 0.780. The maximum absolute atomic E-state index is 6.17. The van der Waals surface area contributed by atoms with Crippen molar-refractivity contribution in [2.24, 2.45) is 0 Å². The summed E-state index contributed by atoms with van der Waals surface area (Å²) in [6, 6.07) is 6.16. The summed E-state index contributed by atoms with van der Waals surface area (Å²) in [5.41, 5.74) is 3.32. The Bertz CT molecular complexity index is 622. The van der Waals surface area contributed by atoms with Crippen LogP contribution in [-0.2, 0) is 0 Å². The fourth-order valence-electron chi connectivity index (χ4n) is 2.56. The average molecular weight is 308 g/mol. The Morgan fingerprint density at radius 2 is 2.05 bits per heavy atom. The molecule has 1 aromatic heterocycles. The Balaban J connectivity index is 2.61. The summed E-state index contributed by atoms with van der Waals surface area (Å²) >= 11 is 6.17. The lowest BCUT2D eigenvalue weighted by molar-refractivity contribution is 0.396. The van der Waals surface area contributed by atoms with E-state index in [1.807, 2.05) is 29.9 Å². The predicted octanol–water partition coefficient (Wildman–Crippen LogP) is 3.74. The second-order valence-corrected chi connectivity index (χ2v) is 5.80. The van der Waals surface area contributed by atoms with Gasteiger partial charge in [0, 0.05) is 11.1 Å². The van der Waals surface area contributed by atoms with Crippen LogP contribution >= 0.6 is 11.6 Å². The highest BCUT2D eigenvalue weighted by Gasteiger charge is 2.24. The number of benzene rings is 1. The maximum atomic E-state index is 6.17. The van der Waals surface area contributed by atoms with E-state index >= 15 is 0 Å². The topological polar surface area (TPSA) is 39.1 Å². The molecule has 1 unspecified atom stereocenters. The Labute approximate surface area is 131 Å². The number of hydrogen-bond acceptors (Lipinski definition) is 3. The normalized spacial score (nSPS) is 12.7. The Kier molecular flexibility index (Phi) is 4.91. The van der Waals surface area contributed by atoms with Gasteiger partial charge in [-0.15, -0.1) is 0 Å². The molecule has 0 aliphatic heterocycles. The SMILES string of the molecule is CNC(c1cc(Cl)ccc1C)c1c(OC)cnn1C(C)C. The molecule has 0 fully saturated rings. The lowest BCUT2D eigenvalue weighted by Gasteiger charge is -2.23. The van der Waals surface area contributed by atoms with E-state index in [0.29, 0.717) is 0 Å². The van der Waals surface area contributed by atoms with Crippen molar-refractivity contribution in [1.29, 1.82) is 0 Å². The van der Waals surface area contributed by atoms with Crippen LogP contribution in [0.25, 0.3) is 0 Å². The van der Waals surface area contributed by atoms with Gasteiger partial charge in [-0.05, 0) is 51.1 Å². The number of methoxy groups -OCH3 is 1. The first-order valence-corrected chi connectivity index (χ1v) is 7.42. The van der Waals surface area contributed by atoms with Crippen LogP contribution in [0.5, 0.6) is 5.75 Å². The molecule has 0 radical (unpaired) electrons. The molecule has 0 spiro atoms. The van der Waals surface area contributed by atoms with E-state index in [4.69, 9.17) is 16.3 Å². The molecule has 1 N–H and O–H groups in total. The zero-order valence-corrected chi connectivity index (χ0v) is 13.9. The van der Waals surface area contributed by atoms with E-state index in [1.165, 1.54) is 5.56 Å². The minimum atomic E-state index is -0.0245. The van der Waals surface area contributed by atoms with Crippen LogP contribution < -0.4 is 10.1 Å². The zero-order chi connectivity index (χ0) is 15.6. The number of rotatable bonds is 5. The zero-order valence-electron chi connectivity index (χ0n) is 13.1. The first kappa shape index (κ1) is 15.9. The molecule has 1 aromatic carbocycles. The summed E-state index contributed by atoms with van der Waals surface area (Å²) in [5, 5.41) is 8.54. The monoisotopic (exact) mass is 307 g/mol. The van der Waals surface area contributed by atoms with E-state index in [9.17, 15) is 0 Å². The van der Waals surface area contributed by atoms with Crippen molar-refractivity contribution in [2.45, 2.75) is 32.9 Å². The van der Waals surface area contributed by atoms with Crippen LogP contribution in [-0.4, -0.2) is 23.9 Å². The van der Waals surface area contributed by atoms with Crippen molar-refractivity contribution in [3.63, 3.8) is 0 Å². The number of hydrogen-bond donors (Lipinski definition) is 1. The fraction of sp³-hybridized carbons (Fsp3) is 0.438. The van der Waals surface area contributed by atoms with Crippen molar-refractivity contribution < 1.29 is 4.74 Å². The third-order valence-corrected chi connectivity index (χ3v) is 3.86. The highest BCUT2D eigenvalue weighted by atomic mass is 35.5. The maximum Gasteiger partial charge on any atom is 0.161 e. The molecule has 5 heteroatoms.